The van der Waals surface area contributed by atoms with Crippen molar-refractivity contribution in [1.29, 1.82) is 0 Å². The molecule has 3 heteroatoms. The van der Waals surface area contributed by atoms with E-state index >= 15 is 0 Å². The van der Waals surface area contributed by atoms with Crippen LogP contribution in [-0.4, -0.2) is 11.1 Å². The Morgan fingerprint density at radius 2 is 2.42 bits per heavy atom. The van der Waals surface area contributed by atoms with Crippen molar-refractivity contribution < 1.29 is 14.5 Å². The van der Waals surface area contributed by atoms with E-state index in [4.69, 9.17) is 5.11 Å². The van der Waals surface area contributed by atoms with E-state index in [-0.39, 0.29) is 0 Å². The molecule has 12 heavy (non-hydrogen) atoms. The smallest absolute Gasteiger partial charge is 0.334 e. The van der Waals surface area contributed by atoms with Gasteiger partial charge >= 0.3 is 5.97 Å². The Balaban J connectivity index is 2.83. The number of hydrogen-bond acceptors (Lipinski definition) is 1. The van der Waals surface area contributed by atoms with E-state index in [1.54, 1.807) is 10.8 Å². The molecule has 0 spiro atoms. The van der Waals surface area contributed by atoms with Gasteiger partial charge in [0.2, 0.25) is 0 Å². The molecule has 0 bridgehead atoms. The number of carboxylic acid groups (broad SMARTS) is 1. The van der Waals surface area contributed by atoms with Crippen molar-refractivity contribution in [2.24, 2.45) is 0 Å². The molecule has 1 rings (SSSR count). The second-order valence-electron chi connectivity index (χ2n) is 2.48. The summed E-state index contributed by atoms with van der Waals surface area (Å²) in [7, 11) is 0. The molecule has 0 saturated carbocycles. The van der Waals surface area contributed by atoms with Crippen molar-refractivity contribution in [3.05, 3.63) is 36.2 Å². The van der Waals surface area contributed by atoms with Crippen LogP contribution in [-0.2, 0) is 4.79 Å². The molecule has 0 unspecified atom stereocenters. The SMILES string of the molecule is Cc1ccc[n+](C=CC(=O)O)c1. The normalized spacial score (nSPS) is 10.4. The van der Waals surface area contributed by atoms with Crippen molar-refractivity contribution in [3.63, 3.8) is 0 Å². The molecule has 0 aromatic carbocycles. The van der Waals surface area contributed by atoms with Crippen LogP contribution in [0.1, 0.15) is 5.56 Å². The Labute approximate surface area is 70.6 Å². The highest BCUT2D eigenvalue weighted by atomic mass is 16.4. The highest BCUT2D eigenvalue weighted by molar-refractivity contribution is 5.82. The number of carboxylic acids is 1. The molecule has 0 saturated heterocycles. The summed E-state index contributed by atoms with van der Waals surface area (Å²) >= 11 is 0. The van der Waals surface area contributed by atoms with Gasteiger partial charge in [0.1, 0.15) is 0 Å². The van der Waals surface area contributed by atoms with Crippen LogP contribution < -0.4 is 4.57 Å². The molecule has 1 N–H and O–H groups in total. The van der Waals surface area contributed by atoms with Gasteiger partial charge in [0, 0.05) is 11.6 Å². The highest BCUT2D eigenvalue weighted by Crippen LogP contribution is 1.89. The van der Waals surface area contributed by atoms with Crippen LogP contribution in [0.3, 0.4) is 0 Å². The molecule has 0 aliphatic rings. The number of pyridine rings is 1. The number of aryl methyl sites for hydroxylation is 1. The van der Waals surface area contributed by atoms with Gasteiger partial charge in [0.25, 0.3) is 0 Å². The van der Waals surface area contributed by atoms with Gasteiger partial charge in [-0.3, -0.25) is 0 Å². The number of rotatable bonds is 2. The Morgan fingerprint density at radius 3 is 3.00 bits per heavy atom. The Morgan fingerprint density at radius 1 is 1.67 bits per heavy atom. The van der Waals surface area contributed by atoms with E-state index in [1.165, 1.54) is 6.20 Å². The maximum Gasteiger partial charge on any atom is 0.334 e. The summed E-state index contributed by atoms with van der Waals surface area (Å²) in [6.45, 7) is 1.95. The first-order valence-electron chi connectivity index (χ1n) is 3.57. The zero-order chi connectivity index (χ0) is 8.97. The molecular formula is C9H10NO2+. The van der Waals surface area contributed by atoms with Gasteiger partial charge in [-0.1, -0.05) is 0 Å². The highest BCUT2D eigenvalue weighted by Gasteiger charge is 1.95. The maximum atomic E-state index is 10.2. The Kier molecular flexibility index (Phi) is 2.58. The molecule has 0 amide bonds. The monoisotopic (exact) mass is 164 g/mol. The zero-order valence-corrected chi connectivity index (χ0v) is 6.77. The maximum absolute atomic E-state index is 10.2. The van der Waals surface area contributed by atoms with Crippen LogP contribution >= 0.6 is 0 Å². The van der Waals surface area contributed by atoms with Gasteiger partial charge < -0.3 is 5.11 Å². The number of nitrogens with zero attached hydrogens (tertiary/aromatic N) is 1. The quantitative estimate of drug-likeness (QED) is 0.519. The standard InChI is InChI=1S/C9H9NO2/c1-8-3-2-5-10(7-8)6-4-9(11)12/h2-7H,1H3/p+1. The average molecular weight is 164 g/mol. The minimum atomic E-state index is -0.941. The van der Waals surface area contributed by atoms with Crippen LogP contribution in [0.15, 0.2) is 30.6 Å². The third-order valence-electron chi connectivity index (χ3n) is 1.36. The van der Waals surface area contributed by atoms with Gasteiger partial charge in [-0.25, -0.2) is 4.79 Å². The summed E-state index contributed by atoms with van der Waals surface area (Å²) < 4.78 is 1.70. The van der Waals surface area contributed by atoms with Gasteiger partial charge in [0.05, 0.1) is 6.08 Å². The predicted molar refractivity (Wildman–Crippen MR) is 44.3 cm³/mol. The fourth-order valence-corrected chi connectivity index (χ4v) is 0.858. The number of aromatic nitrogens is 1. The molecule has 0 aliphatic heterocycles. The number of carbonyl (C=O) groups is 1. The summed E-state index contributed by atoms with van der Waals surface area (Å²) in [6.07, 6.45) is 6.22. The molecule has 62 valence electrons. The van der Waals surface area contributed by atoms with Crippen molar-refractivity contribution in [3.8, 4) is 0 Å². The largest absolute Gasteiger partial charge is 0.478 e. The van der Waals surface area contributed by atoms with E-state index < -0.39 is 5.97 Å². The van der Waals surface area contributed by atoms with E-state index in [9.17, 15) is 4.79 Å². The molecule has 3 nitrogen and oxygen atoms in total. The van der Waals surface area contributed by atoms with Gasteiger partial charge in [0.15, 0.2) is 18.6 Å². The summed E-state index contributed by atoms with van der Waals surface area (Å²) in [4.78, 5) is 10.2. The van der Waals surface area contributed by atoms with E-state index in [0.717, 1.165) is 11.6 Å². The third-order valence-corrected chi connectivity index (χ3v) is 1.36. The molecule has 0 radical (unpaired) electrons. The zero-order valence-electron chi connectivity index (χ0n) is 6.77. The molecule has 0 atom stereocenters. The molecule has 0 aliphatic carbocycles. The Hall–Kier alpha value is -1.64. The van der Waals surface area contributed by atoms with Crippen molar-refractivity contribution in [2.45, 2.75) is 6.92 Å². The predicted octanol–water partition coefficient (Wildman–Crippen LogP) is 0.838. The lowest BCUT2D eigenvalue weighted by atomic mass is 10.3. The van der Waals surface area contributed by atoms with Crippen LogP contribution in [0.25, 0.3) is 6.20 Å². The molecule has 1 aromatic rings. The first-order valence-corrected chi connectivity index (χ1v) is 3.57. The van der Waals surface area contributed by atoms with Crippen LogP contribution in [0.4, 0.5) is 0 Å². The van der Waals surface area contributed by atoms with Crippen LogP contribution in [0.5, 0.6) is 0 Å². The topological polar surface area (TPSA) is 41.2 Å². The summed E-state index contributed by atoms with van der Waals surface area (Å²) in [6, 6.07) is 3.81. The molecular weight excluding hydrogens is 154 g/mol. The fraction of sp³-hybridized carbons (Fsp3) is 0.111. The third kappa shape index (κ3) is 2.54. The van der Waals surface area contributed by atoms with Gasteiger partial charge in [-0.15, -0.1) is 0 Å². The van der Waals surface area contributed by atoms with Crippen LogP contribution in [0, 0.1) is 6.92 Å². The van der Waals surface area contributed by atoms with Crippen molar-refractivity contribution in [2.75, 3.05) is 0 Å². The minimum Gasteiger partial charge on any atom is -0.478 e. The van der Waals surface area contributed by atoms with E-state index in [1.807, 2.05) is 25.3 Å². The van der Waals surface area contributed by atoms with Crippen molar-refractivity contribution in [1.82, 2.24) is 0 Å². The van der Waals surface area contributed by atoms with E-state index in [0.29, 0.717) is 0 Å². The first-order chi connectivity index (χ1) is 5.68. The van der Waals surface area contributed by atoms with E-state index in [2.05, 4.69) is 0 Å². The summed E-state index contributed by atoms with van der Waals surface area (Å²) in [5.74, 6) is -0.941. The lowest BCUT2D eigenvalue weighted by Gasteiger charge is -1.87. The minimum absolute atomic E-state index is 0.941. The molecule has 1 aromatic heterocycles. The second-order valence-corrected chi connectivity index (χ2v) is 2.48. The fourth-order valence-electron chi connectivity index (χ4n) is 0.858. The second kappa shape index (κ2) is 3.67. The summed E-state index contributed by atoms with van der Waals surface area (Å²) in [5.41, 5.74) is 1.09. The van der Waals surface area contributed by atoms with Crippen molar-refractivity contribution >= 4 is 12.2 Å². The van der Waals surface area contributed by atoms with Gasteiger partial charge in [-0.05, 0) is 13.0 Å². The number of aliphatic carboxylic acids is 1. The molecule has 0 fully saturated rings. The molecule has 1 heterocycles. The number of hydrogen-bond donors (Lipinski definition) is 1. The lowest BCUT2D eigenvalue weighted by molar-refractivity contribution is -0.568. The first kappa shape index (κ1) is 8.46. The lowest BCUT2D eigenvalue weighted by Crippen LogP contribution is -2.25. The van der Waals surface area contributed by atoms with Gasteiger partial charge in [-0.2, -0.15) is 4.57 Å². The average Bonchev–Trinajstić information content (AvgIpc) is 2.01. The Bertz CT molecular complexity index is 318. The van der Waals surface area contributed by atoms with Crippen LogP contribution in [0.2, 0.25) is 0 Å². The summed E-state index contributed by atoms with van der Waals surface area (Å²) in [5, 5.41) is 8.34.